The first-order chi connectivity index (χ1) is 18.2. The van der Waals surface area contributed by atoms with E-state index >= 15 is 0 Å². The van der Waals surface area contributed by atoms with Gasteiger partial charge < -0.3 is 18.6 Å². The number of rotatable bonds is 18. The minimum absolute atomic E-state index is 0.184. The van der Waals surface area contributed by atoms with Gasteiger partial charge in [0.05, 0.1) is 31.0 Å². The lowest BCUT2D eigenvalue weighted by molar-refractivity contribution is -0.154. The predicted octanol–water partition coefficient (Wildman–Crippen LogP) is 5.87. The Morgan fingerprint density at radius 1 is 0.595 bits per heavy atom. The molecule has 0 saturated carbocycles. The van der Waals surface area contributed by atoms with Gasteiger partial charge in [-0.2, -0.15) is 0 Å². The number of hydrogen-bond donors (Lipinski definition) is 0. The largest absolute Gasteiger partial charge is 0.425 e. The van der Waals surface area contributed by atoms with E-state index in [-0.39, 0.29) is 22.9 Å². The fourth-order valence-corrected chi connectivity index (χ4v) is 7.05. The van der Waals surface area contributed by atoms with Crippen LogP contribution in [0.2, 0.25) is 0 Å². The molecule has 37 heavy (non-hydrogen) atoms. The first-order valence-corrected chi connectivity index (χ1v) is 15.8. The van der Waals surface area contributed by atoms with Crippen LogP contribution in [0.15, 0.2) is 91.0 Å². The Kier molecular flexibility index (Phi) is 14.4. The number of ether oxygens (including phenoxy) is 3. The van der Waals surface area contributed by atoms with Crippen molar-refractivity contribution in [3.05, 3.63) is 108 Å². The molecule has 0 fully saturated rings. The molecule has 0 heterocycles. The van der Waals surface area contributed by atoms with E-state index in [0.717, 1.165) is 28.2 Å². The molecule has 0 amide bonds. The van der Waals surface area contributed by atoms with Crippen molar-refractivity contribution >= 4 is 34.0 Å². The van der Waals surface area contributed by atoms with Crippen molar-refractivity contribution in [2.75, 3.05) is 18.1 Å². The molecule has 0 spiro atoms. The summed E-state index contributed by atoms with van der Waals surface area (Å²) in [5.41, 5.74) is 3.41. The van der Waals surface area contributed by atoms with Crippen molar-refractivity contribution in [1.82, 2.24) is 0 Å². The molecule has 4 nitrogen and oxygen atoms in total. The predicted molar refractivity (Wildman–Crippen MR) is 161 cm³/mol. The lowest BCUT2D eigenvalue weighted by atomic mass is 10.1. The Balaban J connectivity index is 1.89. The Labute approximate surface area is 234 Å². The second kappa shape index (κ2) is 17.8. The minimum Gasteiger partial charge on any atom is -0.425 e. The van der Waals surface area contributed by atoms with Crippen LogP contribution in [0.3, 0.4) is 0 Å². The zero-order chi connectivity index (χ0) is 26.1. The van der Waals surface area contributed by atoms with Crippen LogP contribution in [-0.2, 0) is 38.5 Å². The quantitative estimate of drug-likeness (QED) is 0.144. The molecule has 200 valence electrons. The highest BCUT2D eigenvalue weighted by molar-refractivity contribution is 8.17. The maximum Gasteiger partial charge on any atom is 0.146 e. The first-order valence-electron chi connectivity index (χ1n) is 12.9. The van der Waals surface area contributed by atoms with Crippen molar-refractivity contribution in [3.63, 3.8) is 0 Å². The number of benzene rings is 3. The van der Waals surface area contributed by atoms with Crippen molar-refractivity contribution in [1.29, 1.82) is 0 Å². The van der Waals surface area contributed by atoms with Gasteiger partial charge in [0.2, 0.25) is 0 Å². The zero-order valence-electron chi connectivity index (χ0n) is 22.2. The Hall–Kier alpha value is -1.58. The van der Waals surface area contributed by atoms with Crippen molar-refractivity contribution in [2.24, 2.45) is 0 Å². The molecule has 3 aromatic carbocycles. The molecule has 0 saturated heterocycles. The smallest absolute Gasteiger partial charge is 0.146 e. The summed E-state index contributed by atoms with van der Waals surface area (Å²) in [6.07, 6.45) is -0.749. The molecule has 0 aliphatic rings. The average molecular weight is 557 g/mol. The Morgan fingerprint density at radius 3 is 1.41 bits per heavy atom. The number of thioether (sulfide) groups is 2. The molecule has 0 bridgehead atoms. The molecule has 0 N–H and O–H groups in total. The van der Waals surface area contributed by atoms with Crippen LogP contribution in [0.4, 0.5) is 0 Å². The molecule has 0 unspecified atom stereocenters. The monoisotopic (exact) mass is 556 g/mol. The topological polar surface area (TPSA) is 36.9 Å². The van der Waals surface area contributed by atoms with Gasteiger partial charge in [0.1, 0.15) is 28.8 Å². The van der Waals surface area contributed by atoms with Crippen LogP contribution >= 0.6 is 23.5 Å². The summed E-state index contributed by atoms with van der Waals surface area (Å²) in [4.78, 5) is 0. The standard InChI is InChI=1S/C30H40O4S2Si/c1-3-35-30(36-4-2)29(33-22-26-18-12-7-13-19-26)28(32-21-25-16-10-6-11-17-25)27(23-34-37)31-20-24-14-8-5-9-15-24/h5-19,27-30H,3-4,20-23H2,1-2,37H3/t27-,28+,29+/m1/s1. The molecular formula is C30H40O4S2Si. The second-order valence-electron chi connectivity index (χ2n) is 8.59. The molecule has 0 aromatic heterocycles. The van der Waals surface area contributed by atoms with Gasteiger partial charge in [0.25, 0.3) is 0 Å². The lowest BCUT2D eigenvalue weighted by Gasteiger charge is -2.37. The van der Waals surface area contributed by atoms with E-state index in [9.17, 15) is 0 Å². The van der Waals surface area contributed by atoms with Crippen LogP contribution in [-0.4, -0.2) is 51.5 Å². The summed E-state index contributed by atoms with van der Waals surface area (Å²) < 4.78 is 26.0. The van der Waals surface area contributed by atoms with E-state index in [4.69, 9.17) is 18.6 Å². The Morgan fingerprint density at radius 2 is 1.00 bits per heavy atom. The fourth-order valence-electron chi connectivity index (χ4n) is 4.02. The van der Waals surface area contributed by atoms with Gasteiger partial charge in [-0.1, -0.05) is 105 Å². The summed E-state index contributed by atoms with van der Waals surface area (Å²) in [5, 5.41) is 0. The third-order valence-electron chi connectivity index (χ3n) is 5.83. The fraction of sp³-hybridized carbons (Fsp3) is 0.400. The molecular weight excluding hydrogens is 517 g/mol. The van der Waals surface area contributed by atoms with Crippen LogP contribution in [0.1, 0.15) is 30.5 Å². The summed E-state index contributed by atoms with van der Waals surface area (Å²) in [7, 11) is 0.631. The highest BCUT2D eigenvalue weighted by atomic mass is 32.2. The van der Waals surface area contributed by atoms with Gasteiger partial charge in [-0.05, 0) is 28.2 Å². The SMILES string of the molecule is CCSC(SCC)[C@@H](OCc1ccccc1)[C@@H](OCc1ccccc1)[C@@H](CO[SiH3])OCc1ccccc1. The van der Waals surface area contributed by atoms with Crippen molar-refractivity contribution in [2.45, 2.75) is 56.6 Å². The third kappa shape index (κ3) is 10.6. The maximum absolute atomic E-state index is 6.73. The summed E-state index contributed by atoms with van der Waals surface area (Å²) in [6.45, 7) is 6.39. The molecule has 3 atom stereocenters. The van der Waals surface area contributed by atoms with Crippen LogP contribution in [0, 0.1) is 0 Å². The van der Waals surface area contributed by atoms with Gasteiger partial charge in [-0.3, -0.25) is 0 Å². The van der Waals surface area contributed by atoms with Crippen LogP contribution in [0.5, 0.6) is 0 Å². The van der Waals surface area contributed by atoms with Gasteiger partial charge in [-0.15, -0.1) is 23.5 Å². The van der Waals surface area contributed by atoms with E-state index in [2.05, 4.69) is 62.4 Å². The highest BCUT2D eigenvalue weighted by Crippen LogP contribution is 2.33. The van der Waals surface area contributed by atoms with E-state index in [1.165, 1.54) is 0 Å². The van der Waals surface area contributed by atoms with Crippen molar-refractivity contribution in [3.8, 4) is 0 Å². The number of hydrogen-bond acceptors (Lipinski definition) is 6. The molecule has 0 radical (unpaired) electrons. The average Bonchev–Trinajstić information content (AvgIpc) is 2.94. The normalized spacial score (nSPS) is 14.0. The van der Waals surface area contributed by atoms with E-state index in [0.29, 0.717) is 36.9 Å². The van der Waals surface area contributed by atoms with E-state index in [1.54, 1.807) is 0 Å². The van der Waals surface area contributed by atoms with Crippen LogP contribution < -0.4 is 0 Å². The third-order valence-corrected chi connectivity index (χ3v) is 8.84. The first kappa shape index (κ1) is 30.0. The van der Waals surface area contributed by atoms with Gasteiger partial charge in [-0.25, -0.2) is 0 Å². The molecule has 0 aliphatic heterocycles. The summed E-state index contributed by atoms with van der Waals surface area (Å²) in [5.74, 6) is 2.00. The van der Waals surface area contributed by atoms with Gasteiger partial charge >= 0.3 is 0 Å². The van der Waals surface area contributed by atoms with Gasteiger partial charge in [0, 0.05) is 0 Å². The Bertz CT molecular complexity index is 959. The zero-order valence-corrected chi connectivity index (χ0v) is 25.8. The van der Waals surface area contributed by atoms with E-state index < -0.39 is 0 Å². The van der Waals surface area contributed by atoms with Gasteiger partial charge in [0.15, 0.2) is 0 Å². The second-order valence-corrected chi connectivity index (χ2v) is 12.3. The molecule has 0 aliphatic carbocycles. The van der Waals surface area contributed by atoms with Crippen LogP contribution in [0.25, 0.3) is 0 Å². The molecule has 3 rings (SSSR count). The summed E-state index contributed by atoms with van der Waals surface area (Å²) in [6, 6.07) is 30.9. The molecule has 3 aromatic rings. The highest BCUT2D eigenvalue weighted by Gasteiger charge is 2.38. The minimum atomic E-state index is -0.301. The van der Waals surface area contributed by atoms with Crippen molar-refractivity contribution < 1.29 is 18.6 Å². The maximum atomic E-state index is 6.73. The lowest BCUT2D eigenvalue weighted by Crippen LogP contribution is -2.48. The summed E-state index contributed by atoms with van der Waals surface area (Å²) >= 11 is 3.83. The molecule has 7 heteroatoms. The van der Waals surface area contributed by atoms with E-state index in [1.807, 2.05) is 66.0 Å².